The Labute approximate surface area is 122 Å². The summed E-state index contributed by atoms with van der Waals surface area (Å²) in [6.45, 7) is 2.61. The van der Waals surface area contributed by atoms with Gasteiger partial charge in [0.25, 0.3) is 5.91 Å². The monoisotopic (exact) mass is 317 g/mol. The first kappa shape index (κ1) is 13.8. The van der Waals surface area contributed by atoms with Gasteiger partial charge in [-0.25, -0.2) is 0 Å². The largest absolute Gasteiger partial charge is 0.348 e. The molecule has 2 aromatic carbocycles. The molecule has 0 spiro atoms. The number of alkyl halides is 1. The van der Waals surface area contributed by atoms with Gasteiger partial charge in [-0.2, -0.15) is 0 Å². The maximum atomic E-state index is 12.2. The normalized spacial score (nSPS) is 10.2. The second kappa shape index (κ2) is 6.53. The smallest absolute Gasteiger partial charge is 0.251 e. The summed E-state index contributed by atoms with van der Waals surface area (Å²) in [5, 5.41) is 3.65. The predicted octanol–water partition coefficient (Wildman–Crippen LogP) is 3.82. The van der Waals surface area contributed by atoms with E-state index in [-0.39, 0.29) is 5.91 Å². The number of carbonyl (C=O) groups excluding carboxylic acids is 1. The molecule has 19 heavy (non-hydrogen) atoms. The summed E-state index contributed by atoms with van der Waals surface area (Å²) in [6.07, 6.45) is 0. The van der Waals surface area contributed by atoms with Crippen LogP contribution in [0.2, 0.25) is 0 Å². The van der Waals surface area contributed by atoms with Crippen LogP contribution in [-0.4, -0.2) is 5.91 Å². The Bertz CT molecular complexity index is 580. The first-order valence-corrected chi connectivity index (χ1v) is 7.31. The highest BCUT2D eigenvalue weighted by molar-refractivity contribution is 9.08. The van der Waals surface area contributed by atoms with Crippen molar-refractivity contribution in [2.45, 2.75) is 18.8 Å². The van der Waals surface area contributed by atoms with Gasteiger partial charge in [0.1, 0.15) is 0 Å². The third-order valence-corrected chi connectivity index (χ3v) is 3.71. The lowest BCUT2D eigenvalue weighted by Crippen LogP contribution is -2.24. The Morgan fingerprint density at radius 3 is 2.37 bits per heavy atom. The molecule has 0 aliphatic rings. The SMILES string of the molecule is Cc1ccccc1CNC(=O)c1ccccc1CBr. The van der Waals surface area contributed by atoms with Crippen molar-refractivity contribution in [1.82, 2.24) is 5.32 Å². The third-order valence-electron chi connectivity index (χ3n) is 3.11. The van der Waals surface area contributed by atoms with E-state index < -0.39 is 0 Å². The van der Waals surface area contributed by atoms with Crippen LogP contribution in [0, 0.1) is 6.92 Å². The molecule has 0 saturated heterocycles. The number of halogens is 1. The molecule has 1 N–H and O–H groups in total. The maximum Gasteiger partial charge on any atom is 0.251 e. The van der Waals surface area contributed by atoms with Crippen LogP contribution in [0.4, 0.5) is 0 Å². The third kappa shape index (κ3) is 3.44. The van der Waals surface area contributed by atoms with E-state index in [1.54, 1.807) is 0 Å². The van der Waals surface area contributed by atoms with Crippen LogP contribution in [0.1, 0.15) is 27.0 Å². The first-order chi connectivity index (χ1) is 9.22. The molecule has 98 valence electrons. The number of hydrogen-bond donors (Lipinski definition) is 1. The number of amides is 1. The van der Waals surface area contributed by atoms with Crippen LogP contribution in [0.3, 0.4) is 0 Å². The van der Waals surface area contributed by atoms with Crippen LogP contribution in [0.25, 0.3) is 0 Å². The lowest BCUT2D eigenvalue weighted by Gasteiger charge is -2.10. The summed E-state index contributed by atoms with van der Waals surface area (Å²) in [6, 6.07) is 15.7. The maximum absolute atomic E-state index is 12.2. The van der Waals surface area contributed by atoms with Crippen LogP contribution < -0.4 is 5.32 Å². The molecule has 0 atom stereocenters. The van der Waals surface area contributed by atoms with Crippen LogP contribution in [0.15, 0.2) is 48.5 Å². The Kier molecular flexibility index (Phi) is 4.74. The van der Waals surface area contributed by atoms with Crippen LogP contribution in [0.5, 0.6) is 0 Å². The second-order valence-corrected chi connectivity index (χ2v) is 4.96. The molecule has 3 heteroatoms. The van der Waals surface area contributed by atoms with Crippen molar-refractivity contribution in [1.29, 1.82) is 0 Å². The average molecular weight is 318 g/mol. The van der Waals surface area contributed by atoms with Crippen molar-refractivity contribution in [3.8, 4) is 0 Å². The van der Waals surface area contributed by atoms with E-state index in [0.29, 0.717) is 11.9 Å². The molecule has 0 aliphatic carbocycles. The van der Waals surface area contributed by atoms with Crippen LogP contribution >= 0.6 is 15.9 Å². The summed E-state index contributed by atoms with van der Waals surface area (Å²) < 4.78 is 0. The van der Waals surface area contributed by atoms with E-state index in [0.717, 1.165) is 16.7 Å². The van der Waals surface area contributed by atoms with Gasteiger partial charge in [-0.15, -0.1) is 0 Å². The second-order valence-electron chi connectivity index (χ2n) is 4.40. The lowest BCUT2D eigenvalue weighted by atomic mass is 10.1. The van der Waals surface area contributed by atoms with E-state index in [1.807, 2.05) is 55.5 Å². The summed E-state index contributed by atoms with van der Waals surface area (Å²) in [4.78, 5) is 12.2. The van der Waals surface area contributed by atoms with E-state index in [4.69, 9.17) is 0 Å². The van der Waals surface area contributed by atoms with Crippen molar-refractivity contribution in [3.05, 3.63) is 70.8 Å². The van der Waals surface area contributed by atoms with E-state index in [9.17, 15) is 4.79 Å². The van der Waals surface area contributed by atoms with Crippen molar-refractivity contribution in [2.75, 3.05) is 0 Å². The summed E-state index contributed by atoms with van der Waals surface area (Å²) in [5.41, 5.74) is 4.07. The number of aryl methyl sites for hydroxylation is 1. The fourth-order valence-corrected chi connectivity index (χ4v) is 2.43. The van der Waals surface area contributed by atoms with Gasteiger partial charge in [-0.3, -0.25) is 4.79 Å². The van der Waals surface area contributed by atoms with Crippen LogP contribution in [-0.2, 0) is 11.9 Å². The molecule has 0 fully saturated rings. The quantitative estimate of drug-likeness (QED) is 0.853. The molecule has 1 amide bonds. The first-order valence-electron chi connectivity index (χ1n) is 6.19. The van der Waals surface area contributed by atoms with E-state index in [1.165, 1.54) is 5.56 Å². The van der Waals surface area contributed by atoms with Crippen molar-refractivity contribution < 1.29 is 4.79 Å². The molecule has 0 unspecified atom stereocenters. The van der Waals surface area contributed by atoms with Gasteiger partial charge >= 0.3 is 0 Å². The van der Waals surface area contributed by atoms with Gasteiger partial charge < -0.3 is 5.32 Å². The van der Waals surface area contributed by atoms with Crippen molar-refractivity contribution >= 4 is 21.8 Å². The van der Waals surface area contributed by atoms with Crippen molar-refractivity contribution in [3.63, 3.8) is 0 Å². The Morgan fingerprint density at radius 1 is 1.05 bits per heavy atom. The highest BCUT2D eigenvalue weighted by atomic mass is 79.9. The summed E-state index contributed by atoms with van der Waals surface area (Å²) in [5.74, 6) is -0.0293. The molecule has 2 aromatic rings. The molecule has 0 aliphatic heterocycles. The number of benzene rings is 2. The zero-order chi connectivity index (χ0) is 13.7. The van der Waals surface area contributed by atoms with Gasteiger partial charge in [0.2, 0.25) is 0 Å². The zero-order valence-electron chi connectivity index (χ0n) is 10.8. The Balaban J connectivity index is 2.08. The molecule has 0 aromatic heterocycles. The van der Waals surface area contributed by atoms with Gasteiger partial charge in [-0.1, -0.05) is 58.4 Å². The number of rotatable bonds is 4. The molecule has 0 heterocycles. The van der Waals surface area contributed by atoms with E-state index >= 15 is 0 Å². The molecule has 2 rings (SSSR count). The van der Waals surface area contributed by atoms with Gasteiger partial charge in [0, 0.05) is 17.4 Å². The lowest BCUT2D eigenvalue weighted by molar-refractivity contribution is 0.0950. The van der Waals surface area contributed by atoms with Gasteiger partial charge in [-0.05, 0) is 29.7 Å². The summed E-state index contributed by atoms with van der Waals surface area (Å²) in [7, 11) is 0. The fraction of sp³-hybridized carbons (Fsp3) is 0.188. The highest BCUT2D eigenvalue weighted by Gasteiger charge is 2.09. The van der Waals surface area contributed by atoms with E-state index in [2.05, 4.69) is 21.2 Å². The molecule has 0 bridgehead atoms. The number of nitrogens with one attached hydrogen (secondary N) is 1. The minimum atomic E-state index is -0.0293. The minimum absolute atomic E-state index is 0.0293. The Morgan fingerprint density at radius 2 is 1.68 bits per heavy atom. The molecular weight excluding hydrogens is 302 g/mol. The van der Waals surface area contributed by atoms with Gasteiger partial charge in [0.15, 0.2) is 0 Å². The molecule has 2 nitrogen and oxygen atoms in total. The highest BCUT2D eigenvalue weighted by Crippen LogP contribution is 2.13. The number of hydrogen-bond acceptors (Lipinski definition) is 1. The average Bonchev–Trinajstić information content (AvgIpc) is 2.46. The van der Waals surface area contributed by atoms with Crippen molar-refractivity contribution in [2.24, 2.45) is 0 Å². The number of carbonyl (C=O) groups is 1. The minimum Gasteiger partial charge on any atom is -0.348 e. The Hall–Kier alpha value is -1.61. The fourth-order valence-electron chi connectivity index (χ4n) is 1.94. The van der Waals surface area contributed by atoms with Gasteiger partial charge in [0.05, 0.1) is 0 Å². The zero-order valence-corrected chi connectivity index (χ0v) is 12.4. The molecular formula is C16H16BrNO. The predicted molar refractivity (Wildman–Crippen MR) is 81.4 cm³/mol. The molecule has 0 saturated carbocycles. The summed E-state index contributed by atoms with van der Waals surface area (Å²) >= 11 is 3.40. The topological polar surface area (TPSA) is 29.1 Å². The molecule has 0 radical (unpaired) electrons. The standard InChI is InChI=1S/C16H16BrNO/c1-12-6-2-3-8-14(12)11-18-16(19)15-9-5-4-7-13(15)10-17/h2-9H,10-11H2,1H3,(H,18,19).